The summed E-state index contributed by atoms with van der Waals surface area (Å²) in [5.41, 5.74) is 1.03. The van der Waals surface area contributed by atoms with Gasteiger partial charge in [0.15, 0.2) is 17.5 Å². The van der Waals surface area contributed by atoms with Crippen molar-refractivity contribution < 1.29 is 14.2 Å². The van der Waals surface area contributed by atoms with E-state index in [2.05, 4.69) is 20.6 Å². The van der Waals surface area contributed by atoms with Crippen molar-refractivity contribution >= 4 is 29.9 Å². The molecule has 0 fully saturated rings. The van der Waals surface area contributed by atoms with Crippen LogP contribution in [-0.4, -0.2) is 44.4 Å². The Hall–Kier alpha value is -2.07. The molecule has 0 aliphatic carbocycles. The van der Waals surface area contributed by atoms with Crippen molar-refractivity contribution in [2.24, 2.45) is 4.99 Å². The number of nitrogens with one attached hydrogen (secondary N) is 2. The van der Waals surface area contributed by atoms with Gasteiger partial charge in [-0.25, -0.2) is 4.98 Å². The molecular formula is C21H31IN4O3. The lowest BCUT2D eigenvalue weighted by molar-refractivity contribution is 0.145. The molecule has 1 aromatic heterocycles. The maximum absolute atomic E-state index is 5.84. The molecule has 2 rings (SSSR count). The highest BCUT2D eigenvalue weighted by atomic mass is 127. The Morgan fingerprint density at radius 1 is 1.03 bits per heavy atom. The molecule has 7 nitrogen and oxygen atoms in total. The van der Waals surface area contributed by atoms with E-state index in [1.54, 1.807) is 13.2 Å². The van der Waals surface area contributed by atoms with Crippen molar-refractivity contribution in [3.63, 3.8) is 0 Å². The number of hydrogen-bond donors (Lipinski definition) is 2. The number of aromatic nitrogens is 1. The average molecular weight is 514 g/mol. The van der Waals surface area contributed by atoms with Crippen LogP contribution in [0.5, 0.6) is 17.4 Å². The van der Waals surface area contributed by atoms with E-state index < -0.39 is 0 Å². The van der Waals surface area contributed by atoms with Gasteiger partial charge < -0.3 is 24.8 Å². The smallest absolute Gasteiger partial charge is 0.219 e. The molecule has 0 saturated heterocycles. The number of aliphatic imine (C=N–C) groups is 1. The first-order valence-corrected chi connectivity index (χ1v) is 9.63. The third-order valence-electron chi connectivity index (χ3n) is 3.81. The van der Waals surface area contributed by atoms with Crippen molar-refractivity contribution in [1.82, 2.24) is 15.6 Å². The van der Waals surface area contributed by atoms with Gasteiger partial charge in [-0.2, -0.15) is 0 Å². The fourth-order valence-corrected chi connectivity index (χ4v) is 2.43. The first-order chi connectivity index (χ1) is 13.8. The van der Waals surface area contributed by atoms with Crippen LogP contribution in [0.15, 0.2) is 47.6 Å². The molecule has 160 valence electrons. The SMILES string of the molecule is CCOCCCNC(=NC)NCc1ccc(Oc2ccccc2OCC)nc1.I. The minimum atomic E-state index is 0. The van der Waals surface area contributed by atoms with Gasteiger partial charge in [0.05, 0.1) is 6.61 Å². The first kappa shape index (κ1) is 25.0. The summed E-state index contributed by atoms with van der Waals surface area (Å²) >= 11 is 0. The number of hydrogen-bond acceptors (Lipinski definition) is 5. The highest BCUT2D eigenvalue weighted by molar-refractivity contribution is 14.0. The Morgan fingerprint density at radius 3 is 2.48 bits per heavy atom. The molecule has 0 bridgehead atoms. The van der Waals surface area contributed by atoms with E-state index in [9.17, 15) is 0 Å². The van der Waals surface area contributed by atoms with E-state index in [1.165, 1.54) is 0 Å². The number of nitrogens with zero attached hydrogens (tertiary/aromatic N) is 2. The molecule has 0 aliphatic heterocycles. The van der Waals surface area contributed by atoms with Crippen LogP contribution in [0.4, 0.5) is 0 Å². The summed E-state index contributed by atoms with van der Waals surface area (Å²) < 4.78 is 16.7. The van der Waals surface area contributed by atoms with Crippen LogP contribution in [0, 0.1) is 0 Å². The molecule has 1 aromatic carbocycles. The van der Waals surface area contributed by atoms with Crippen LogP contribution >= 0.6 is 24.0 Å². The van der Waals surface area contributed by atoms with Crippen LogP contribution < -0.4 is 20.1 Å². The number of pyridine rings is 1. The van der Waals surface area contributed by atoms with Crippen LogP contribution in [0.2, 0.25) is 0 Å². The molecule has 0 unspecified atom stereocenters. The van der Waals surface area contributed by atoms with Crippen molar-refractivity contribution in [3.8, 4) is 17.4 Å². The Bertz CT molecular complexity index is 726. The Balaban J connectivity index is 0.00000420. The molecule has 0 aliphatic rings. The Morgan fingerprint density at radius 2 is 1.83 bits per heavy atom. The second kappa shape index (κ2) is 14.9. The zero-order chi connectivity index (χ0) is 20.0. The van der Waals surface area contributed by atoms with Crippen LogP contribution in [0.3, 0.4) is 0 Å². The summed E-state index contributed by atoms with van der Waals surface area (Å²) in [6.45, 7) is 7.45. The third kappa shape index (κ3) is 9.31. The third-order valence-corrected chi connectivity index (χ3v) is 3.81. The second-order valence-corrected chi connectivity index (χ2v) is 5.89. The molecule has 2 N–H and O–H groups in total. The summed E-state index contributed by atoms with van der Waals surface area (Å²) in [6, 6.07) is 11.4. The fraction of sp³-hybridized carbons (Fsp3) is 0.429. The Labute approximate surface area is 190 Å². The predicted octanol–water partition coefficient (Wildman–Crippen LogP) is 3.98. The van der Waals surface area contributed by atoms with Gasteiger partial charge in [0.2, 0.25) is 5.88 Å². The summed E-state index contributed by atoms with van der Waals surface area (Å²) in [7, 11) is 1.75. The largest absolute Gasteiger partial charge is 0.490 e. The molecule has 8 heteroatoms. The number of halogens is 1. The molecule has 2 aromatic rings. The second-order valence-electron chi connectivity index (χ2n) is 5.89. The van der Waals surface area contributed by atoms with Gasteiger partial charge in [0.1, 0.15) is 0 Å². The Kier molecular flexibility index (Phi) is 12.8. The molecule has 1 heterocycles. The van der Waals surface area contributed by atoms with E-state index in [4.69, 9.17) is 14.2 Å². The number of guanidine groups is 1. The summed E-state index contributed by atoms with van der Waals surface area (Å²) in [5, 5.41) is 6.53. The first-order valence-electron chi connectivity index (χ1n) is 9.63. The van der Waals surface area contributed by atoms with E-state index >= 15 is 0 Å². The van der Waals surface area contributed by atoms with Crippen molar-refractivity contribution in [2.75, 3.05) is 33.4 Å². The van der Waals surface area contributed by atoms with E-state index in [0.29, 0.717) is 30.5 Å². The van der Waals surface area contributed by atoms with E-state index in [1.807, 2.05) is 50.2 Å². The monoisotopic (exact) mass is 514 g/mol. The molecule has 0 spiro atoms. The topological polar surface area (TPSA) is 77.0 Å². The standard InChI is InChI=1S/C21H30N4O3.HI/c1-4-26-14-8-13-23-21(22-3)25-16-17-11-12-20(24-15-17)28-19-10-7-6-9-18(19)27-5-2;/h6-7,9-12,15H,4-5,8,13-14,16H2,1-3H3,(H2,22,23,25);1H. The molecule has 0 atom stereocenters. The van der Waals surface area contributed by atoms with Gasteiger partial charge in [0, 0.05) is 45.6 Å². The molecule has 0 radical (unpaired) electrons. The summed E-state index contributed by atoms with van der Waals surface area (Å²) in [4.78, 5) is 8.60. The van der Waals surface area contributed by atoms with E-state index in [0.717, 1.165) is 37.7 Å². The normalized spacial score (nSPS) is 10.8. The minimum absolute atomic E-state index is 0. The lowest BCUT2D eigenvalue weighted by Crippen LogP contribution is -2.37. The van der Waals surface area contributed by atoms with Crippen molar-refractivity contribution in [3.05, 3.63) is 48.2 Å². The maximum atomic E-state index is 5.84. The molecular weight excluding hydrogens is 483 g/mol. The number of ether oxygens (including phenoxy) is 3. The molecule has 29 heavy (non-hydrogen) atoms. The summed E-state index contributed by atoms with van der Waals surface area (Å²) in [5.74, 6) is 2.63. The lowest BCUT2D eigenvalue weighted by atomic mass is 10.3. The van der Waals surface area contributed by atoms with Gasteiger partial charge in [0.25, 0.3) is 0 Å². The number of benzene rings is 1. The van der Waals surface area contributed by atoms with Crippen molar-refractivity contribution in [1.29, 1.82) is 0 Å². The van der Waals surface area contributed by atoms with Crippen LogP contribution in [0.1, 0.15) is 25.8 Å². The van der Waals surface area contributed by atoms with Gasteiger partial charge >= 0.3 is 0 Å². The molecule has 0 saturated carbocycles. The highest BCUT2D eigenvalue weighted by Gasteiger charge is 2.06. The summed E-state index contributed by atoms with van der Waals surface area (Å²) in [6.07, 6.45) is 2.72. The van der Waals surface area contributed by atoms with Gasteiger partial charge in [-0.1, -0.05) is 18.2 Å². The van der Waals surface area contributed by atoms with Crippen molar-refractivity contribution in [2.45, 2.75) is 26.8 Å². The zero-order valence-electron chi connectivity index (χ0n) is 17.3. The lowest BCUT2D eigenvalue weighted by Gasteiger charge is -2.13. The number of rotatable bonds is 11. The predicted molar refractivity (Wildman–Crippen MR) is 127 cm³/mol. The zero-order valence-corrected chi connectivity index (χ0v) is 19.6. The molecule has 0 amide bonds. The highest BCUT2D eigenvalue weighted by Crippen LogP contribution is 2.30. The van der Waals surface area contributed by atoms with Gasteiger partial charge in [-0.05, 0) is 38.0 Å². The minimum Gasteiger partial charge on any atom is -0.490 e. The van der Waals surface area contributed by atoms with Gasteiger partial charge in [-0.15, -0.1) is 24.0 Å². The number of para-hydroxylation sites is 2. The van der Waals surface area contributed by atoms with Gasteiger partial charge in [-0.3, -0.25) is 4.99 Å². The van der Waals surface area contributed by atoms with Crippen LogP contribution in [-0.2, 0) is 11.3 Å². The maximum Gasteiger partial charge on any atom is 0.219 e. The quantitative estimate of drug-likeness (QED) is 0.205. The van der Waals surface area contributed by atoms with E-state index in [-0.39, 0.29) is 24.0 Å². The average Bonchev–Trinajstić information content (AvgIpc) is 2.73. The van der Waals surface area contributed by atoms with Crippen LogP contribution in [0.25, 0.3) is 0 Å². The fourth-order valence-electron chi connectivity index (χ4n) is 2.43.